The van der Waals surface area contributed by atoms with E-state index >= 15 is 0 Å². The van der Waals surface area contributed by atoms with Crippen LogP contribution in [0.25, 0.3) is 22.4 Å². The highest BCUT2D eigenvalue weighted by atomic mass is 32.2. The summed E-state index contributed by atoms with van der Waals surface area (Å²) in [6.07, 6.45) is 1.44. The van der Waals surface area contributed by atoms with Gasteiger partial charge in [0.25, 0.3) is 21.5 Å². The van der Waals surface area contributed by atoms with Gasteiger partial charge in [-0.2, -0.15) is 5.10 Å². The molecule has 2 N–H and O–H groups in total. The van der Waals surface area contributed by atoms with Gasteiger partial charge in [-0.1, -0.05) is 39.3 Å². The van der Waals surface area contributed by atoms with Crippen molar-refractivity contribution in [2.24, 2.45) is 7.05 Å². The first kappa shape index (κ1) is 27.1. The first-order valence-corrected chi connectivity index (χ1v) is 13.9. The smallest absolute Gasteiger partial charge is 0.277 e. The van der Waals surface area contributed by atoms with Crippen LogP contribution in [0.15, 0.2) is 52.2 Å². The third-order valence-corrected chi connectivity index (χ3v) is 7.46. The molecule has 1 amide bonds. The Labute approximate surface area is 221 Å². The highest BCUT2D eigenvalue weighted by Gasteiger charge is 2.23. The average Bonchev–Trinajstić information content (AvgIpc) is 3.19. The van der Waals surface area contributed by atoms with Crippen molar-refractivity contribution in [2.75, 3.05) is 6.61 Å². The second kappa shape index (κ2) is 10.8. The predicted octanol–water partition coefficient (Wildman–Crippen LogP) is 3.92. The standard InChI is InChI=1S/C27H31N5O5S/c1-6-8-21-23-24(32(5)30-21)27(34)29-25(28-23)20-15-19(13-14-22(20)37-7-2)38(35,36)31-26(33)18-11-9-17(10-12-18)16(3)4/h9-16H,6-8H2,1-5H3,(H,31,33)(H,28,29,34). The van der Waals surface area contributed by atoms with Crippen LogP contribution in [0.1, 0.15) is 61.6 Å². The largest absolute Gasteiger partial charge is 0.493 e. The number of hydrogen-bond donors (Lipinski definition) is 2. The van der Waals surface area contributed by atoms with E-state index in [0.717, 1.165) is 12.0 Å². The molecule has 4 rings (SSSR count). The van der Waals surface area contributed by atoms with E-state index in [4.69, 9.17) is 4.74 Å². The Kier molecular flexibility index (Phi) is 7.68. The molecule has 0 saturated heterocycles. The minimum atomic E-state index is -4.25. The zero-order chi connectivity index (χ0) is 27.6. The number of nitrogens with zero attached hydrogens (tertiary/aromatic N) is 3. The molecule has 0 atom stereocenters. The summed E-state index contributed by atoms with van der Waals surface area (Å²) in [5.41, 5.74) is 2.58. The van der Waals surface area contributed by atoms with Crippen molar-refractivity contribution in [3.63, 3.8) is 0 Å². The quantitative estimate of drug-likeness (QED) is 0.330. The van der Waals surface area contributed by atoms with Gasteiger partial charge in [0.1, 0.15) is 17.1 Å². The number of aryl methyl sites for hydroxylation is 2. The molecular formula is C27H31N5O5S. The molecule has 200 valence electrons. The van der Waals surface area contributed by atoms with Gasteiger partial charge in [-0.15, -0.1) is 0 Å². The van der Waals surface area contributed by atoms with Crippen molar-refractivity contribution in [2.45, 2.75) is 51.3 Å². The second-order valence-electron chi connectivity index (χ2n) is 9.23. The maximum absolute atomic E-state index is 13.2. The molecule has 0 fully saturated rings. The van der Waals surface area contributed by atoms with E-state index in [1.165, 1.54) is 22.9 Å². The summed E-state index contributed by atoms with van der Waals surface area (Å²) in [6, 6.07) is 10.9. The first-order chi connectivity index (χ1) is 18.1. The number of nitrogens with one attached hydrogen (secondary N) is 2. The van der Waals surface area contributed by atoms with Crippen LogP contribution in [0, 0.1) is 0 Å². The van der Waals surface area contributed by atoms with Crippen molar-refractivity contribution in [3.8, 4) is 17.1 Å². The van der Waals surface area contributed by atoms with Crippen LogP contribution in [0.2, 0.25) is 0 Å². The van der Waals surface area contributed by atoms with E-state index in [1.54, 1.807) is 38.2 Å². The summed E-state index contributed by atoms with van der Waals surface area (Å²) in [7, 11) is -2.58. The van der Waals surface area contributed by atoms with Gasteiger partial charge in [0.2, 0.25) is 0 Å². The number of amides is 1. The molecule has 0 aliphatic heterocycles. The van der Waals surface area contributed by atoms with Gasteiger partial charge in [0, 0.05) is 12.6 Å². The molecule has 2 aromatic heterocycles. The molecule has 0 unspecified atom stereocenters. The number of rotatable bonds is 9. The molecule has 0 aliphatic carbocycles. The Morgan fingerprint density at radius 3 is 2.47 bits per heavy atom. The summed E-state index contributed by atoms with van der Waals surface area (Å²) in [4.78, 5) is 32.9. The average molecular weight is 538 g/mol. The number of hydrogen-bond acceptors (Lipinski definition) is 7. The fraction of sp³-hybridized carbons (Fsp3) is 0.333. The molecule has 2 heterocycles. The fourth-order valence-corrected chi connectivity index (χ4v) is 5.18. The molecule has 0 saturated carbocycles. The minimum absolute atomic E-state index is 0.143. The van der Waals surface area contributed by atoms with Crippen LogP contribution in [-0.4, -0.2) is 40.7 Å². The molecule has 10 nitrogen and oxygen atoms in total. The number of fused-ring (bicyclic) bond motifs is 1. The summed E-state index contributed by atoms with van der Waals surface area (Å²) in [6.45, 7) is 8.16. The third-order valence-electron chi connectivity index (χ3n) is 6.13. The first-order valence-electron chi connectivity index (χ1n) is 12.5. The summed E-state index contributed by atoms with van der Waals surface area (Å²) < 4.78 is 35.7. The normalized spacial score (nSPS) is 11.7. The summed E-state index contributed by atoms with van der Waals surface area (Å²) >= 11 is 0. The number of aromatic amines is 1. The van der Waals surface area contributed by atoms with Crippen molar-refractivity contribution < 1.29 is 17.9 Å². The van der Waals surface area contributed by atoms with Crippen LogP contribution in [-0.2, 0) is 23.5 Å². The van der Waals surface area contributed by atoms with Crippen molar-refractivity contribution >= 4 is 27.0 Å². The molecule has 0 spiro atoms. The van der Waals surface area contributed by atoms with E-state index in [9.17, 15) is 18.0 Å². The van der Waals surface area contributed by atoms with Gasteiger partial charge < -0.3 is 9.72 Å². The Hall–Kier alpha value is -3.99. The molecule has 11 heteroatoms. The van der Waals surface area contributed by atoms with Gasteiger partial charge in [0.05, 0.1) is 22.8 Å². The lowest BCUT2D eigenvalue weighted by atomic mass is 10.0. The SMILES string of the molecule is CCCc1nn(C)c2c(=O)[nH]c(-c3cc(S(=O)(=O)NC(=O)c4ccc(C(C)C)cc4)ccc3OCC)nc12. The zero-order valence-electron chi connectivity index (χ0n) is 22.0. The topological polar surface area (TPSA) is 136 Å². The molecule has 2 aromatic carbocycles. The molecule has 4 aromatic rings. The van der Waals surface area contributed by atoms with Crippen LogP contribution < -0.4 is 15.0 Å². The number of aromatic nitrogens is 4. The monoisotopic (exact) mass is 537 g/mol. The van der Waals surface area contributed by atoms with E-state index in [2.05, 4.69) is 19.8 Å². The lowest BCUT2D eigenvalue weighted by Crippen LogP contribution is -2.30. The maximum Gasteiger partial charge on any atom is 0.277 e. The van der Waals surface area contributed by atoms with Crippen molar-refractivity contribution in [3.05, 3.63) is 69.6 Å². The molecule has 0 radical (unpaired) electrons. The van der Waals surface area contributed by atoms with Gasteiger partial charge in [-0.25, -0.2) is 18.1 Å². The molecule has 38 heavy (non-hydrogen) atoms. The number of sulfonamides is 1. The minimum Gasteiger partial charge on any atom is -0.493 e. The number of H-pyrrole nitrogens is 1. The molecule has 0 aliphatic rings. The van der Waals surface area contributed by atoms with Crippen molar-refractivity contribution in [1.29, 1.82) is 0 Å². The van der Waals surface area contributed by atoms with E-state index in [0.29, 0.717) is 35.5 Å². The lowest BCUT2D eigenvalue weighted by Gasteiger charge is -2.13. The van der Waals surface area contributed by atoms with Crippen LogP contribution in [0.4, 0.5) is 0 Å². The Balaban J connectivity index is 1.76. The summed E-state index contributed by atoms with van der Waals surface area (Å²) in [5.74, 6) is 0.0137. The van der Waals surface area contributed by atoms with Crippen LogP contribution in [0.3, 0.4) is 0 Å². The van der Waals surface area contributed by atoms with Gasteiger partial charge in [-0.05, 0) is 55.2 Å². The summed E-state index contributed by atoms with van der Waals surface area (Å²) in [5, 5.41) is 4.43. The Morgan fingerprint density at radius 1 is 1.13 bits per heavy atom. The van der Waals surface area contributed by atoms with Gasteiger partial charge >= 0.3 is 0 Å². The van der Waals surface area contributed by atoms with E-state index in [-0.39, 0.29) is 27.8 Å². The number of benzene rings is 2. The zero-order valence-corrected chi connectivity index (χ0v) is 22.8. The van der Waals surface area contributed by atoms with Gasteiger partial charge in [-0.3, -0.25) is 14.3 Å². The lowest BCUT2D eigenvalue weighted by molar-refractivity contribution is 0.0981. The third kappa shape index (κ3) is 5.33. The number of carbonyl (C=O) groups is 1. The predicted molar refractivity (Wildman–Crippen MR) is 145 cm³/mol. The second-order valence-corrected chi connectivity index (χ2v) is 10.9. The van der Waals surface area contributed by atoms with E-state index < -0.39 is 21.5 Å². The van der Waals surface area contributed by atoms with Crippen LogP contribution in [0.5, 0.6) is 5.75 Å². The maximum atomic E-state index is 13.2. The molecular weight excluding hydrogens is 506 g/mol. The van der Waals surface area contributed by atoms with Crippen LogP contribution >= 0.6 is 0 Å². The Bertz CT molecular complexity index is 1650. The van der Waals surface area contributed by atoms with Crippen molar-refractivity contribution in [1.82, 2.24) is 24.5 Å². The number of ether oxygens (including phenoxy) is 1. The Morgan fingerprint density at radius 2 is 1.84 bits per heavy atom. The highest BCUT2D eigenvalue weighted by molar-refractivity contribution is 7.90. The van der Waals surface area contributed by atoms with Gasteiger partial charge in [0.15, 0.2) is 5.52 Å². The fourth-order valence-electron chi connectivity index (χ4n) is 4.18. The van der Waals surface area contributed by atoms with E-state index in [1.807, 2.05) is 20.8 Å². The molecule has 0 bridgehead atoms. The highest BCUT2D eigenvalue weighted by Crippen LogP contribution is 2.31. The number of carbonyl (C=O) groups excluding carboxylic acids is 1.